The van der Waals surface area contributed by atoms with Gasteiger partial charge in [0.25, 0.3) is 0 Å². The monoisotopic (exact) mass is 383 g/mol. The van der Waals surface area contributed by atoms with Gasteiger partial charge in [-0.15, -0.1) is 0 Å². The zero-order chi connectivity index (χ0) is 19.3. The van der Waals surface area contributed by atoms with Crippen LogP contribution in [0.1, 0.15) is 50.5 Å². The quantitative estimate of drug-likeness (QED) is 0.850. The molecule has 0 aromatic heterocycles. The van der Waals surface area contributed by atoms with Gasteiger partial charge in [-0.2, -0.15) is 0 Å². The summed E-state index contributed by atoms with van der Waals surface area (Å²) in [6.45, 7) is 3.25. The maximum absolute atomic E-state index is 13.0. The Kier molecular flexibility index (Phi) is 6.30. The van der Waals surface area contributed by atoms with E-state index in [1.807, 2.05) is 4.90 Å². The molecule has 2 heterocycles. The van der Waals surface area contributed by atoms with Crippen molar-refractivity contribution in [3.05, 3.63) is 35.9 Å². The summed E-state index contributed by atoms with van der Waals surface area (Å²) >= 11 is 0. The summed E-state index contributed by atoms with van der Waals surface area (Å²) in [4.78, 5) is 29.8. The first kappa shape index (κ1) is 19.4. The Balaban J connectivity index is 1.30. The molecule has 1 N–H and O–H groups in total. The smallest absolute Gasteiger partial charge is 0.237 e. The molecule has 1 aliphatic carbocycles. The van der Waals surface area contributed by atoms with Crippen LogP contribution in [0.2, 0.25) is 0 Å². The van der Waals surface area contributed by atoms with E-state index in [-0.39, 0.29) is 17.9 Å². The second kappa shape index (κ2) is 9.08. The van der Waals surface area contributed by atoms with E-state index in [2.05, 4.69) is 40.5 Å². The van der Waals surface area contributed by atoms with E-state index in [1.165, 1.54) is 31.2 Å². The van der Waals surface area contributed by atoms with E-state index in [0.717, 1.165) is 38.9 Å². The summed E-state index contributed by atoms with van der Waals surface area (Å²) in [7, 11) is 0. The van der Waals surface area contributed by atoms with Crippen molar-refractivity contribution in [2.45, 2.75) is 63.5 Å². The van der Waals surface area contributed by atoms with Crippen LogP contribution in [0.15, 0.2) is 30.3 Å². The average molecular weight is 384 g/mol. The largest absolute Gasteiger partial charge is 0.353 e. The summed E-state index contributed by atoms with van der Waals surface area (Å²) < 4.78 is 0. The molecule has 28 heavy (non-hydrogen) atoms. The van der Waals surface area contributed by atoms with Gasteiger partial charge < -0.3 is 10.2 Å². The van der Waals surface area contributed by atoms with E-state index < -0.39 is 0 Å². The fraction of sp³-hybridized carbons (Fsp3) is 0.652. The van der Waals surface area contributed by atoms with Gasteiger partial charge in [0, 0.05) is 32.2 Å². The van der Waals surface area contributed by atoms with Crippen molar-refractivity contribution < 1.29 is 9.59 Å². The maximum atomic E-state index is 13.0. The third-order valence-corrected chi connectivity index (χ3v) is 6.87. The third kappa shape index (κ3) is 4.57. The third-order valence-electron chi connectivity index (χ3n) is 6.87. The van der Waals surface area contributed by atoms with Crippen molar-refractivity contribution in [3.63, 3.8) is 0 Å². The zero-order valence-corrected chi connectivity index (χ0v) is 16.8. The summed E-state index contributed by atoms with van der Waals surface area (Å²) in [5.41, 5.74) is 1.39. The zero-order valence-electron chi connectivity index (χ0n) is 16.8. The molecule has 3 aliphatic rings. The number of hydrogen-bond acceptors (Lipinski definition) is 3. The van der Waals surface area contributed by atoms with Crippen LogP contribution in [0.3, 0.4) is 0 Å². The molecular formula is C23H33N3O2. The van der Waals surface area contributed by atoms with Gasteiger partial charge in [-0.1, -0.05) is 43.2 Å². The number of amides is 2. The first-order valence-electron chi connectivity index (χ1n) is 11.1. The first-order valence-corrected chi connectivity index (χ1v) is 11.1. The minimum Gasteiger partial charge on any atom is -0.353 e. The molecule has 5 heteroatoms. The molecule has 152 valence electrons. The molecule has 0 unspecified atom stereocenters. The van der Waals surface area contributed by atoms with Gasteiger partial charge in [0.2, 0.25) is 11.8 Å². The lowest BCUT2D eigenvalue weighted by Crippen LogP contribution is -2.59. The SMILES string of the molecule is O=C1NCCN(C2CCCC2)[C@@H]1CC(=O)N1CCC(Cc2ccccc2)CC1. The van der Waals surface area contributed by atoms with E-state index in [0.29, 0.717) is 24.9 Å². The summed E-state index contributed by atoms with van der Waals surface area (Å²) in [5.74, 6) is 0.855. The van der Waals surface area contributed by atoms with Crippen LogP contribution in [0.25, 0.3) is 0 Å². The van der Waals surface area contributed by atoms with E-state index in [9.17, 15) is 9.59 Å². The molecule has 0 spiro atoms. The summed E-state index contributed by atoms with van der Waals surface area (Å²) in [6.07, 6.45) is 8.39. The molecule has 1 aromatic carbocycles. The van der Waals surface area contributed by atoms with Gasteiger partial charge in [-0.3, -0.25) is 14.5 Å². The standard InChI is InChI=1S/C23H33N3O2/c27-22(17-21-23(28)24-12-15-26(21)20-8-4-5-9-20)25-13-10-19(11-14-25)16-18-6-2-1-3-7-18/h1-3,6-7,19-21H,4-5,8-17H2,(H,24,28)/t21-/m1/s1. The molecule has 2 saturated heterocycles. The van der Waals surface area contributed by atoms with Crippen molar-refractivity contribution in [2.24, 2.45) is 5.92 Å². The molecule has 2 amide bonds. The Morgan fingerprint density at radius 2 is 1.71 bits per heavy atom. The normalized spacial score (nSPS) is 25.1. The molecule has 0 bridgehead atoms. The van der Waals surface area contributed by atoms with Crippen molar-refractivity contribution >= 4 is 11.8 Å². The molecule has 5 nitrogen and oxygen atoms in total. The van der Waals surface area contributed by atoms with Crippen LogP contribution >= 0.6 is 0 Å². The Bertz CT molecular complexity index is 664. The molecule has 4 rings (SSSR count). The number of carbonyl (C=O) groups is 2. The van der Waals surface area contributed by atoms with Crippen molar-refractivity contribution in [3.8, 4) is 0 Å². The number of piperidine rings is 1. The van der Waals surface area contributed by atoms with Gasteiger partial charge in [0.15, 0.2) is 0 Å². The number of piperazine rings is 1. The number of nitrogens with one attached hydrogen (secondary N) is 1. The predicted molar refractivity (Wildman–Crippen MR) is 110 cm³/mol. The van der Waals surface area contributed by atoms with Crippen LogP contribution in [0, 0.1) is 5.92 Å². The average Bonchev–Trinajstić information content (AvgIpc) is 3.25. The van der Waals surface area contributed by atoms with E-state index in [4.69, 9.17) is 0 Å². The molecule has 1 saturated carbocycles. The minimum atomic E-state index is -0.272. The molecule has 2 aliphatic heterocycles. The van der Waals surface area contributed by atoms with Gasteiger partial charge in [-0.05, 0) is 43.6 Å². The van der Waals surface area contributed by atoms with Crippen LogP contribution in [0.4, 0.5) is 0 Å². The number of likely N-dealkylation sites (tertiary alicyclic amines) is 1. The highest BCUT2D eigenvalue weighted by atomic mass is 16.2. The topological polar surface area (TPSA) is 52.7 Å². The van der Waals surface area contributed by atoms with Gasteiger partial charge in [0.1, 0.15) is 0 Å². The van der Waals surface area contributed by atoms with Gasteiger partial charge in [-0.25, -0.2) is 0 Å². The fourth-order valence-corrected chi connectivity index (χ4v) is 5.24. The van der Waals surface area contributed by atoms with Crippen LogP contribution < -0.4 is 5.32 Å². The highest BCUT2D eigenvalue weighted by molar-refractivity contribution is 5.89. The van der Waals surface area contributed by atoms with Crippen molar-refractivity contribution in [1.82, 2.24) is 15.1 Å². The first-order chi connectivity index (χ1) is 13.7. The number of benzene rings is 1. The lowest BCUT2D eigenvalue weighted by Gasteiger charge is -2.40. The summed E-state index contributed by atoms with van der Waals surface area (Å²) in [5, 5.41) is 2.98. The van der Waals surface area contributed by atoms with Crippen LogP contribution in [-0.4, -0.2) is 59.9 Å². The van der Waals surface area contributed by atoms with Crippen LogP contribution in [-0.2, 0) is 16.0 Å². The predicted octanol–water partition coefficient (Wildman–Crippen LogP) is 2.60. The molecule has 1 atom stereocenters. The summed E-state index contributed by atoms with van der Waals surface area (Å²) in [6, 6.07) is 10.8. The highest BCUT2D eigenvalue weighted by Gasteiger charge is 2.37. The molecule has 1 aromatic rings. The van der Waals surface area contributed by atoms with Crippen molar-refractivity contribution in [2.75, 3.05) is 26.2 Å². The number of carbonyl (C=O) groups excluding carboxylic acids is 2. The molecule has 0 radical (unpaired) electrons. The van der Waals surface area contributed by atoms with E-state index in [1.54, 1.807) is 0 Å². The Morgan fingerprint density at radius 3 is 2.43 bits per heavy atom. The molecule has 3 fully saturated rings. The lowest BCUT2D eigenvalue weighted by molar-refractivity contribution is -0.140. The number of hydrogen-bond donors (Lipinski definition) is 1. The highest BCUT2D eigenvalue weighted by Crippen LogP contribution is 2.28. The number of rotatable bonds is 5. The van der Waals surface area contributed by atoms with Crippen molar-refractivity contribution in [1.29, 1.82) is 0 Å². The minimum absolute atomic E-state index is 0.0467. The van der Waals surface area contributed by atoms with Crippen LogP contribution in [0.5, 0.6) is 0 Å². The van der Waals surface area contributed by atoms with Gasteiger partial charge in [0.05, 0.1) is 12.5 Å². The molecular weight excluding hydrogens is 350 g/mol. The number of nitrogens with zero attached hydrogens (tertiary/aromatic N) is 2. The Morgan fingerprint density at radius 1 is 1.00 bits per heavy atom. The Hall–Kier alpha value is -1.88. The Labute approximate surface area is 168 Å². The maximum Gasteiger partial charge on any atom is 0.237 e. The second-order valence-electron chi connectivity index (χ2n) is 8.70. The fourth-order valence-electron chi connectivity index (χ4n) is 5.24. The van der Waals surface area contributed by atoms with Gasteiger partial charge >= 0.3 is 0 Å². The lowest BCUT2D eigenvalue weighted by atomic mass is 9.90. The van der Waals surface area contributed by atoms with E-state index >= 15 is 0 Å². The second-order valence-corrected chi connectivity index (χ2v) is 8.70.